The molecule has 0 fully saturated rings. The number of carbonyl (C=O) groups is 1. The van der Waals surface area contributed by atoms with Gasteiger partial charge in [-0.05, 0) is 30.7 Å². The van der Waals surface area contributed by atoms with E-state index in [-0.39, 0.29) is 12.5 Å². The number of anilines is 1. The van der Waals surface area contributed by atoms with Crippen LogP contribution in [0, 0.1) is 0 Å². The number of halogens is 1. The number of ether oxygens (including phenoxy) is 1. The van der Waals surface area contributed by atoms with Crippen LogP contribution >= 0.6 is 11.6 Å². The fraction of sp³-hybridized carbons (Fsp3) is 0.235. The molecule has 1 atom stereocenters. The Hall–Kier alpha value is -2.04. The Morgan fingerprint density at radius 3 is 2.68 bits per heavy atom. The molecule has 0 aromatic heterocycles. The highest BCUT2D eigenvalue weighted by molar-refractivity contribution is 6.30. The molecule has 0 saturated heterocycles. The maximum absolute atomic E-state index is 11.5. The predicted molar refractivity (Wildman–Crippen MR) is 87.1 cm³/mol. The predicted octanol–water partition coefficient (Wildman–Crippen LogP) is 3.40. The molecule has 116 valence electrons. The van der Waals surface area contributed by atoms with Gasteiger partial charge in [-0.3, -0.25) is 4.79 Å². The lowest BCUT2D eigenvalue weighted by Crippen LogP contribution is -2.18. The van der Waals surface area contributed by atoms with Gasteiger partial charge in [0.2, 0.25) is 0 Å². The Balaban J connectivity index is 2.22. The molecule has 1 unspecified atom stereocenters. The molecule has 0 aliphatic rings. The molecule has 0 saturated carbocycles. The second kappa shape index (κ2) is 7.82. The van der Waals surface area contributed by atoms with Crippen molar-refractivity contribution in [1.82, 2.24) is 0 Å². The molecule has 0 spiro atoms. The maximum Gasteiger partial charge on any atom is 0.325 e. The van der Waals surface area contributed by atoms with E-state index in [9.17, 15) is 9.90 Å². The maximum atomic E-state index is 11.5. The van der Waals surface area contributed by atoms with Crippen LogP contribution in [0.2, 0.25) is 5.02 Å². The van der Waals surface area contributed by atoms with Gasteiger partial charge in [0.05, 0.1) is 6.61 Å². The minimum absolute atomic E-state index is 0.0317. The van der Waals surface area contributed by atoms with Crippen LogP contribution in [0.15, 0.2) is 48.5 Å². The van der Waals surface area contributed by atoms with Crippen LogP contribution in [0.5, 0.6) is 0 Å². The Bertz CT molecular complexity index is 631. The highest BCUT2D eigenvalue weighted by Gasteiger charge is 2.15. The van der Waals surface area contributed by atoms with Crippen LogP contribution in [-0.4, -0.2) is 24.2 Å². The summed E-state index contributed by atoms with van der Waals surface area (Å²) in [4.78, 5) is 11.5. The Labute approximate surface area is 134 Å². The first-order chi connectivity index (χ1) is 10.6. The molecular formula is C17H18ClNO3. The molecule has 22 heavy (non-hydrogen) atoms. The van der Waals surface area contributed by atoms with Crippen molar-refractivity contribution in [3.63, 3.8) is 0 Å². The number of hydrogen-bond acceptors (Lipinski definition) is 4. The summed E-state index contributed by atoms with van der Waals surface area (Å²) in [6.45, 7) is 2.12. The third-order valence-electron chi connectivity index (χ3n) is 3.15. The van der Waals surface area contributed by atoms with Crippen LogP contribution in [0.4, 0.5) is 5.69 Å². The van der Waals surface area contributed by atoms with E-state index in [2.05, 4.69) is 5.32 Å². The summed E-state index contributed by atoms with van der Waals surface area (Å²) in [6, 6.07) is 14.4. The Morgan fingerprint density at radius 2 is 2.00 bits per heavy atom. The molecule has 0 aliphatic heterocycles. The van der Waals surface area contributed by atoms with Gasteiger partial charge in [0, 0.05) is 16.3 Å². The summed E-state index contributed by atoms with van der Waals surface area (Å²) < 4.78 is 4.88. The Morgan fingerprint density at radius 1 is 1.27 bits per heavy atom. The van der Waals surface area contributed by atoms with E-state index in [0.29, 0.717) is 22.9 Å². The second-order valence-electron chi connectivity index (χ2n) is 4.70. The number of nitrogens with one attached hydrogen (secondary N) is 1. The summed E-state index contributed by atoms with van der Waals surface area (Å²) in [5, 5.41) is 14.1. The van der Waals surface area contributed by atoms with E-state index >= 15 is 0 Å². The normalized spacial score (nSPS) is 11.8. The minimum atomic E-state index is -0.829. The van der Waals surface area contributed by atoms with E-state index < -0.39 is 6.10 Å². The van der Waals surface area contributed by atoms with Gasteiger partial charge in [-0.15, -0.1) is 0 Å². The number of carbonyl (C=O) groups excluding carboxylic acids is 1. The van der Waals surface area contributed by atoms with Crippen LogP contribution in [0.3, 0.4) is 0 Å². The first-order valence-electron chi connectivity index (χ1n) is 7.03. The summed E-state index contributed by atoms with van der Waals surface area (Å²) in [6.07, 6.45) is -0.829. The number of rotatable bonds is 6. The summed E-state index contributed by atoms with van der Waals surface area (Å²) in [7, 11) is 0. The molecule has 2 aromatic carbocycles. The highest BCUT2D eigenvalue weighted by atomic mass is 35.5. The van der Waals surface area contributed by atoms with Gasteiger partial charge in [0.25, 0.3) is 0 Å². The molecule has 2 rings (SSSR count). The topological polar surface area (TPSA) is 58.6 Å². The lowest BCUT2D eigenvalue weighted by atomic mass is 10.00. The summed E-state index contributed by atoms with van der Waals surface area (Å²) in [5.74, 6) is -0.349. The first kappa shape index (κ1) is 16.3. The van der Waals surface area contributed by atoms with Crippen LogP contribution in [-0.2, 0) is 9.53 Å². The Kier molecular flexibility index (Phi) is 5.81. The number of esters is 1. The van der Waals surface area contributed by atoms with Crippen LogP contribution < -0.4 is 5.32 Å². The molecule has 4 nitrogen and oxygen atoms in total. The van der Waals surface area contributed by atoms with Crippen molar-refractivity contribution < 1.29 is 14.6 Å². The van der Waals surface area contributed by atoms with Gasteiger partial charge in [-0.2, -0.15) is 0 Å². The van der Waals surface area contributed by atoms with Crippen molar-refractivity contribution in [2.75, 3.05) is 18.5 Å². The lowest BCUT2D eigenvalue weighted by Gasteiger charge is -2.17. The van der Waals surface area contributed by atoms with E-state index in [1.54, 1.807) is 25.1 Å². The zero-order valence-corrected chi connectivity index (χ0v) is 13.0. The van der Waals surface area contributed by atoms with Crippen LogP contribution in [0.1, 0.15) is 24.2 Å². The largest absolute Gasteiger partial charge is 0.465 e. The molecule has 0 radical (unpaired) electrons. The third-order valence-corrected chi connectivity index (χ3v) is 3.39. The second-order valence-corrected chi connectivity index (χ2v) is 5.14. The molecule has 0 aliphatic carbocycles. The number of hydrogen-bond donors (Lipinski definition) is 2. The highest BCUT2D eigenvalue weighted by Crippen LogP contribution is 2.30. The standard InChI is InChI=1S/C17H18ClNO3/c1-2-22-16(20)11-19-15-9-8-13(18)10-14(15)17(21)12-6-4-3-5-7-12/h3-10,17,19,21H,2,11H2,1H3. The van der Waals surface area contributed by atoms with Crippen molar-refractivity contribution >= 4 is 23.3 Å². The zero-order valence-electron chi connectivity index (χ0n) is 12.3. The average Bonchev–Trinajstić information content (AvgIpc) is 2.54. The van der Waals surface area contributed by atoms with Gasteiger partial charge in [-0.1, -0.05) is 41.9 Å². The van der Waals surface area contributed by atoms with Crippen molar-refractivity contribution in [3.05, 3.63) is 64.7 Å². The third kappa shape index (κ3) is 4.23. The minimum Gasteiger partial charge on any atom is -0.465 e. The molecule has 2 aromatic rings. The zero-order chi connectivity index (χ0) is 15.9. The molecule has 0 amide bonds. The van der Waals surface area contributed by atoms with Crippen molar-refractivity contribution in [1.29, 1.82) is 0 Å². The number of aliphatic hydroxyl groups excluding tert-OH is 1. The fourth-order valence-electron chi connectivity index (χ4n) is 2.12. The summed E-state index contributed by atoms with van der Waals surface area (Å²) >= 11 is 6.03. The van der Waals surface area contributed by atoms with Gasteiger partial charge < -0.3 is 15.2 Å². The molecule has 2 N–H and O–H groups in total. The quantitative estimate of drug-likeness (QED) is 0.801. The lowest BCUT2D eigenvalue weighted by molar-refractivity contribution is -0.140. The molecule has 5 heteroatoms. The van der Waals surface area contributed by atoms with Crippen LogP contribution in [0.25, 0.3) is 0 Å². The van der Waals surface area contributed by atoms with Gasteiger partial charge in [0.15, 0.2) is 0 Å². The molecular weight excluding hydrogens is 302 g/mol. The van der Waals surface area contributed by atoms with Gasteiger partial charge in [0.1, 0.15) is 12.6 Å². The average molecular weight is 320 g/mol. The SMILES string of the molecule is CCOC(=O)CNc1ccc(Cl)cc1C(O)c1ccccc1. The van der Waals surface area contributed by atoms with Gasteiger partial charge >= 0.3 is 5.97 Å². The van der Waals surface area contributed by atoms with E-state index in [4.69, 9.17) is 16.3 Å². The van der Waals surface area contributed by atoms with Crippen molar-refractivity contribution in [2.24, 2.45) is 0 Å². The number of benzene rings is 2. The van der Waals surface area contributed by atoms with Crippen molar-refractivity contribution in [2.45, 2.75) is 13.0 Å². The monoisotopic (exact) mass is 319 g/mol. The van der Waals surface area contributed by atoms with Gasteiger partial charge in [-0.25, -0.2) is 0 Å². The first-order valence-corrected chi connectivity index (χ1v) is 7.41. The van der Waals surface area contributed by atoms with E-state index in [1.165, 1.54) is 0 Å². The smallest absolute Gasteiger partial charge is 0.325 e. The fourth-order valence-corrected chi connectivity index (χ4v) is 2.30. The van der Waals surface area contributed by atoms with Crippen molar-refractivity contribution in [3.8, 4) is 0 Å². The number of aliphatic hydroxyl groups is 1. The summed E-state index contributed by atoms with van der Waals surface area (Å²) in [5.41, 5.74) is 2.01. The van der Waals surface area contributed by atoms with E-state index in [0.717, 1.165) is 5.56 Å². The van der Waals surface area contributed by atoms with E-state index in [1.807, 2.05) is 30.3 Å². The molecule has 0 heterocycles. The molecule has 0 bridgehead atoms.